The van der Waals surface area contributed by atoms with Gasteiger partial charge in [0.2, 0.25) is 0 Å². The van der Waals surface area contributed by atoms with Crippen LogP contribution >= 0.6 is 0 Å². The molecule has 132 valence electrons. The second-order valence-electron chi connectivity index (χ2n) is 5.57. The first-order valence-corrected chi connectivity index (χ1v) is 6.23. The van der Waals surface area contributed by atoms with E-state index in [4.69, 9.17) is 5.73 Å². The molecule has 3 rings (SSSR count). The first-order valence-electron chi connectivity index (χ1n) is 6.23. The molecular formula is C19H25Cl2NSiTi-4. The van der Waals surface area contributed by atoms with E-state index in [0.717, 1.165) is 0 Å². The van der Waals surface area contributed by atoms with Gasteiger partial charge in [-0.25, -0.2) is 0 Å². The van der Waals surface area contributed by atoms with E-state index in [0.29, 0.717) is 0 Å². The maximum absolute atomic E-state index is 6.94. The summed E-state index contributed by atoms with van der Waals surface area (Å²) in [7, 11) is 0. The Labute approximate surface area is 179 Å². The topological polar surface area (TPSA) is 23.8 Å². The number of hydrogen-bond acceptors (Lipinski definition) is 0. The minimum absolute atomic E-state index is 0. The van der Waals surface area contributed by atoms with E-state index < -0.39 is 0 Å². The van der Waals surface area contributed by atoms with Crippen molar-refractivity contribution in [3.8, 4) is 0 Å². The second kappa shape index (κ2) is 15.1. The van der Waals surface area contributed by atoms with Gasteiger partial charge in [0.1, 0.15) is 0 Å². The molecule has 4 radical (unpaired) electrons. The summed E-state index contributed by atoms with van der Waals surface area (Å²) in [5.41, 5.74) is 6.69. The van der Waals surface area contributed by atoms with Gasteiger partial charge in [-0.05, 0) is 0 Å². The Morgan fingerprint density at radius 2 is 1.00 bits per heavy atom. The third-order valence-corrected chi connectivity index (χ3v) is 2.52. The SMILES string of the molecule is CC(C)(C)[NH-].[CH3-].[CH3-].[Cl-].[Cl-].[Si].[Ti+2].c1ccc2c(c1)[cH-]c1ccccc12. The summed E-state index contributed by atoms with van der Waals surface area (Å²) in [6.07, 6.45) is 0. The Morgan fingerprint density at radius 1 is 0.750 bits per heavy atom. The van der Waals surface area contributed by atoms with E-state index in [2.05, 4.69) is 54.6 Å². The molecule has 0 bridgehead atoms. The average Bonchev–Trinajstić information content (AvgIpc) is 2.65. The molecule has 0 aliphatic carbocycles. The maximum atomic E-state index is 6.94. The van der Waals surface area contributed by atoms with Crippen LogP contribution in [0.2, 0.25) is 0 Å². The van der Waals surface area contributed by atoms with Crippen LogP contribution in [0.15, 0.2) is 54.6 Å². The Morgan fingerprint density at radius 3 is 1.29 bits per heavy atom. The molecule has 0 heterocycles. The minimum atomic E-state index is -0.250. The number of nitrogens with one attached hydrogen (secondary N) is 1. The van der Waals surface area contributed by atoms with Crippen molar-refractivity contribution in [1.29, 1.82) is 0 Å². The molecule has 0 aliphatic heterocycles. The molecule has 0 spiro atoms. The van der Waals surface area contributed by atoms with Gasteiger partial charge >= 0.3 is 21.7 Å². The Kier molecular flexibility index (Phi) is 22.0. The van der Waals surface area contributed by atoms with Crippen molar-refractivity contribution in [2.24, 2.45) is 0 Å². The van der Waals surface area contributed by atoms with Crippen molar-refractivity contribution < 1.29 is 46.5 Å². The molecule has 0 atom stereocenters. The Bertz CT molecular complexity index is 607. The number of benzene rings is 2. The summed E-state index contributed by atoms with van der Waals surface area (Å²) in [6.45, 7) is 5.56. The van der Waals surface area contributed by atoms with Crippen LogP contribution < -0.4 is 24.8 Å². The number of hydrogen-bond donors (Lipinski definition) is 0. The molecule has 1 nitrogen and oxygen atoms in total. The van der Waals surface area contributed by atoms with Crippen molar-refractivity contribution in [2.45, 2.75) is 26.3 Å². The fourth-order valence-corrected chi connectivity index (χ4v) is 1.90. The largest absolute Gasteiger partial charge is 2.00 e. The van der Waals surface area contributed by atoms with Gasteiger partial charge < -0.3 is 45.4 Å². The third kappa shape index (κ3) is 10.6. The van der Waals surface area contributed by atoms with Gasteiger partial charge in [0, 0.05) is 11.0 Å². The van der Waals surface area contributed by atoms with Crippen LogP contribution in [0.4, 0.5) is 0 Å². The molecule has 24 heavy (non-hydrogen) atoms. The van der Waals surface area contributed by atoms with Gasteiger partial charge in [0.05, 0.1) is 0 Å². The van der Waals surface area contributed by atoms with Crippen LogP contribution in [-0.2, 0) is 21.7 Å². The zero-order valence-electron chi connectivity index (χ0n) is 15.0. The number of fused-ring (bicyclic) bond motifs is 3. The Hall–Kier alpha value is -0.219. The van der Waals surface area contributed by atoms with E-state index in [-0.39, 0.29) is 77.9 Å². The molecule has 0 unspecified atom stereocenters. The quantitative estimate of drug-likeness (QED) is 0.368. The van der Waals surface area contributed by atoms with E-state index in [1.54, 1.807) is 0 Å². The standard InChI is InChI=1S/C13H9.C4H10N.2CH3.2ClH.Si.Ti/c1-3-7-12-10(5-1)9-11-6-2-4-8-13(11)12;1-4(2,3)5;;;;;;/h1-9H;5H,1-3H3;2*1H3;2*1H;;/q4*-1;;;;+2/p-2. The van der Waals surface area contributed by atoms with Gasteiger partial charge in [-0.15, -0.1) is 45.3 Å². The summed E-state index contributed by atoms with van der Waals surface area (Å²) in [4.78, 5) is 0. The molecule has 0 fully saturated rings. The molecule has 0 aromatic heterocycles. The van der Waals surface area contributed by atoms with Crippen molar-refractivity contribution in [1.82, 2.24) is 0 Å². The monoisotopic (exact) mass is 413 g/mol. The summed E-state index contributed by atoms with van der Waals surface area (Å²) < 4.78 is 0. The zero-order valence-corrected chi connectivity index (χ0v) is 19.0. The fraction of sp³-hybridized carbons (Fsp3) is 0.211. The second-order valence-corrected chi connectivity index (χ2v) is 5.57. The summed E-state index contributed by atoms with van der Waals surface area (Å²) in [5, 5.41) is 5.39. The fourth-order valence-electron chi connectivity index (χ4n) is 1.90. The molecule has 1 N–H and O–H groups in total. The van der Waals surface area contributed by atoms with Crippen LogP contribution in [0.5, 0.6) is 0 Å². The predicted octanol–water partition coefficient (Wildman–Crippen LogP) is 0.0743. The molecule has 3 aromatic carbocycles. The predicted molar refractivity (Wildman–Crippen MR) is 99.7 cm³/mol. The summed E-state index contributed by atoms with van der Waals surface area (Å²) in [6, 6.07) is 19.3. The molecule has 0 amide bonds. The average molecular weight is 414 g/mol. The van der Waals surface area contributed by atoms with Crippen LogP contribution in [-0.4, -0.2) is 16.5 Å². The van der Waals surface area contributed by atoms with Crippen LogP contribution in [0, 0.1) is 14.9 Å². The molecule has 0 saturated heterocycles. The van der Waals surface area contributed by atoms with E-state index in [9.17, 15) is 0 Å². The van der Waals surface area contributed by atoms with Crippen molar-refractivity contribution in [3.63, 3.8) is 0 Å². The van der Waals surface area contributed by atoms with Gasteiger partial charge in [0.25, 0.3) is 0 Å². The van der Waals surface area contributed by atoms with Crippen molar-refractivity contribution in [3.05, 3.63) is 75.2 Å². The molecule has 3 aromatic rings. The summed E-state index contributed by atoms with van der Waals surface area (Å²) >= 11 is 0. The van der Waals surface area contributed by atoms with Crippen LogP contribution in [0.1, 0.15) is 20.8 Å². The normalized spacial score (nSPS) is 8.50. The smallest absolute Gasteiger partial charge is 1.00 e. The van der Waals surface area contributed by atoms with Crippen LogP contribution in [0.3, 0.4) is 0 Å². The van der Waals surface area contributed by atoms with Gasteiger partial charge in [-0.2, -0.15) is 0 Å². The first-order chi connectivity index (χ1) is 8.45. The van der Waals surface area contributed by atoms with E-state index >= 15 is 0 Å². The Balaban J connectivity index is -0.0000000997. The van der Waals surface area contributed by atoms with Gasteiger partial charge in [0.15, 0.2) is 0 Å². The zero-order chi connectivity index (χ0) is 13.2. The number of rotatable bonds is 0. The van der Waals surface area contributed by atoms with Gasteiger partial charge in [-0.3, -0.25) is 0 Å². The molecular weight excluding hydrogens is 389 g/mol. The van der Waals surface area contributed by atoms with E-state index in [1.807, 2.05) is 20.8 Å². The number of halogens is 2. The van der Waals surface area contributed by atoms with Gasteiger partial charge in [-0.1, -0.05) is 57.2 Å². The molecule has 0 aliphatic rings. The maximum Gasteiger partial charge on any atom is 2.00 e. The first kappa shape index (κ1) is 35.0. The van der Waals surface area contributed by atoms with E-state index in [1.165, 1.54) is 21.5 Å². The molecule has 5 heteroatoms. The third-order valence-electron chi connectivity index (χ3n) is 2.52. The molecule has 0 saturated carbocycles. The van der Waals surface area contributed by atoms with Crippen LogP contribution in [0.25, 0.3) is 27.3 Å². The van der Waals surface area contributed by atoms with Crippen molar-refractivity contribution in [2.75, 3.05) is 0 Å². The van der Waals surface area contributed by atoms with Crippen molar-refractivity contribution >= 4 is 32.5 Å². The summed E-state index contributed by atoms with van der Waals surface area (Å²) in [5.74, 6) is 0. The minimum Gasteiger partial charge on any atom is -1.00 e.